The fourth-order valence-corrected chi connectivity index (χ4v) is 4.21. The minimum atomic E-state index is -0.489. The van der Waals surface area contributed by atoms with Crippen molar-refractivity contribution >= 4 is 23.0 Å². The molecule has 0 N–H and O–H groups in total. The van der Waals surface area contributed by atoms with Crippen molar-refractivity contribution in [2.24, 2.45) is 0 Å². The number of nitrogens with zero attached hydrogens (tertiary/aromatic N) is 3. The van der Waals surface area contributed by atoms with Gasteiger partial charge in [-0.2, -0.15) is 0 Å². The van der Waals surface area contributed by atoms with Crippen molar-refractivity contribution in [3.05, 3.63) is 36.1 Å². The molecule has 2 aromatic rings. The van der Waals surface area contributed by atoms with E-state index < -0.39 is 5.60 Å². The van der Waals surface area contributed by atoms with E-state index in [0.29, 0.717) is 56.8 Å². The number of piperidine rings is 1. The maximum atomic E-state index is 13.0. The van der Waals surface area contributed by atoms with Crippen LogP contribution in [0.2, 0.25) is 0 Å². The number of hydrogen-bond acceptors (Lipinski definition) is 6. The summed E-state index contributed by atoms with van der Waals surface area (Å²) in [4.78, 5) is 31.1. The van der Waals surface area contributed by atoms with E-state index in [1.807, 2.05) is 36.2 Å². The van der Waals surface area contributed by atoms with Gasteiger partial charge in [-0.1, -0.05) is 18.2 Å². The Morgan fingerprint density at radius 1 is 1.23 bits per heavy atom. The van der Waals surface area contributed by atoms with Crippen LogP contribution in [0.25, 0.3) is 11.0 Å². The molecule has 0 aliphatic carbocycles. The molecule has 1 aromatic carbocycles. The summed E-state index contributed by atoms with van der Waals surface area (Å²) in [5.41, 5.74) is 0.813. The van der Waals surface area contributed by atoms with Gasteiger partial charge in [0.1, 0.15) is 17.4 Å². The molecule has 2 amide bonds. The average Bonchev–Trinajstić information content (AvgIpc) is 3.32. The number of rotatable bonds is 7. The number of carbonyl (C=O) groups is 2. The van der Waals surface area contributed by atoms with Gasteiger partial charge in [0, 0.05) is 58.1 Å². The summed E-state index contributed by atoms with van der Waals surface area (Å²) in [7, 11) is 3.70. The molecular weight excluding hydrogens is 386 g/mol. The first-order chi connectivity index (χ1) is 14.5. The van der Waals surface area contributed by atoms with E-state index in [0.717, 1.165) is 18.5 Å². The van der Waals surface area contributed by atoms with Crippen molar-refractivity contribution in [1.82, 2.24) is 14.7 Å². The summed E-state index contributed by atoms with van der Waals surface area (Å²) in [5, 5.41) is 0.832. The Labute approximate surface area is 176 Å². The van der Waals surface area contributed by atoms with Crippen molar-refractivity contribution in [2.75, 3.05) is 60.0 Å². The highest BCUT2D eigenvalue weighted by atomic mass is 16.6. The molecule has 8 heteroatoms. The predicted octanol–water partition coefficient (Wildman–Crippen LogP) is 2.44. The second kappa shape index (κ2) is 8.65. The summed E-state index contributed by atoms with van der Waals surface area (Å²) in [6.07, 6.45) is 2.58. The first-order valence-electron chi connectivity index (χ1n) is 10.4. The van der Waals surface area contributed by atoms with Gasteiger partial charge < -0.3 is 28.6 Å². The van der Waals surface area contributed by atoms with Gasteiger partial charge in [0.15, 0.2) is 0 Å². The second-order valence-electron chi connectivity index (χ2n) is 8.21. The highest BCUT2D eigenvalue weighted by molar-refractivity contribution is 6.05. The first kappa shape index (κ1) is 20.7. The molecule has 2 aliphatic heterocycles. The zero-order valence-corrected chi connectivity index (χ0v) is 17.6. The molecule has 2 aliphatic rings. The Morgan fingerprint density at radius 3 is 2.77 bits per heavy atom. The van der Waals surface area contributed by atoms with Crippen LogP contribution in [0, 0.1) is 0 Å². The van der Waals surface area contributed by atoms with Crippen LogP contribution in [-0.4, -0.2) is 92.3 Å². The van der Waals surface area contributed by atoms with Crippen LogP contribution in [0.4, 0.5) is 4.79 Å². The fraction of sp³-hybridized carbons (Fsp3) is 0.545. The lowest BCUT2D eigenvalue weighted by Gasteiger charge is -2.37. The Balaban J connectivity index is 1.32. The van der Waals surface area contributed by atoms with E-state index in [4.69, 9.17) is 13.9 Å². The van der Waals surface area contributed by atoms with Gasteiger partial charge in [-0.15, -0.1) is 0 Å². The summed E-state index contributed by atoms with van der Waals surface area (Å²) in [6.45, 7) is 4.60. The average molecular weight is 415 g/mol. The molecule has 3 heterocycles. The van der Waals surface area contributed by atoms with Gasteiger partial charge in [0.2, 0.25) is 0 Å². The van der Waals surface area contributed by atoms with E-state index in [1.54, 1.807) is 12.0 Å². The number of methoxy groups -OCH3 is 1. The van der Waals surface area contributed by atoms with Crippen LogP contribution in [-0.2, 0) is 9.47 Å². The number of carbonyl (C=O) groups excluding carboxylic acids is 2. The smallest absolute Gasteiger partial charge is 0.410 e. The van der Waals surface area contributed by atoms with Crippen LogP contribution in [0.3, 0.4) is 0 Å². The Hall–Kier alpha value is -2.58. The summed E-state index contributed by atoms with van der Waals surface area (Å²) >= 11 is 0. The van der Waals surface area contributed by atoms with Crippen molar-refractivity contribution in [1.29, 1.82) is 0 Å². The molecule has 162 valence electrons. The van der Waals surface area contributed by atoms with Crippen molar-refractivity contribution in [2.45, 2.75) is 18.4 Å². The van der Waals surface area contributed by atoms with Crippen LogP contribution in [0.5, 0.6) is 0 Å². The third kappa shape index (κ3) is 4.15. The van der Waals surface area contributed by atoms with Crippen molar-refractivity contribution in [3.8, 4) is 0 Å². The Kier molecular flexibility index (Phi) is 5.97. The number of benzene rings is 1. The van der Waals surface area contributed by atoms with Crippen LogP contribution >= 0.6 is 0 Å². The largest absolute Gasteiger partial charge is 0.463 e. The number of furan rings is 1. The Morgan fingerprint density at radius 2 is 2.00 bits per heavy atom. The fourth-order valence-electron chi connectivity index (χ4n) is 4.21. The molecule has 0 atom stereocenters. The second-order valence-corrected chi connectivity index (χ2v) is 8.21. The molecule has 8 nitrogen and oxygen atoms in total. The highest BCUT2D eigenvalue weighted by Gasteiger charge is 2.47. The summed E-state index contributed by atoms with van der Waals surface area (Å²) in [6, 6.07) is 7.55. The lowest BCUT2D eigenvalue weighted by Crippen LogP contribution is -2.49. The van der Waals surface area contributed by atoms with E-state index >= 15 is 0 Å². The third-order valence-electron chi connectivity index (χ3n) is 6.14. The monoisotopic (exact) mass is 415 g/mol. The molecule has 30 heavy (non-hydrogen) atoms. The number of hydrogen-bond donors (Lipinski definition) is 0. The highest BCUT2D eigenvalue weighted by Crippen LogP contribution is 2.34. The maximum absolute atomic E-state index is 13.0. The number of likely N-dealkylation sites (N-methyl/N-ethyl adjacent to an activating group) is 1. The number of ether oxygens (including phenoxy) is 2. The van der Waals surface area contributed by atoms with E-state index in [2.05, 4.69) is 4.90 Å². The number of fused-ring (bicyclic) bond motifs is 1. The minimum Gasteiger partial charge on any atom is -0.463 e. The van der Waals surface area contributed by atoms with Gasteiger partial charge in [-0.3, -0.25) is 4.79 Å². The predicted molar refractivity (Wildman–Crippen MR) is 112 cm³/mol. The number of likely N-dealkylation sites (tertiary alicyclic amines) is 1. The lowest BCUT2D eigenvalue weighted by atomic mass is 9.91. The van der Waals surface area contributed by atoms with Crippen LogP contribution in [0.1, 0.15) is 23.2 Å². The molecule has 2 fully saturated rings. The molecular formula is C22H29N3O5. The molecule has 0 bridgehead atoms. The normalized spacial score (nSPS) is 18.6. The number of para-hydroxylation sites is 1. The van der Waals surface area contributed by atoms with Crippen LogP contribution < -0.4 is 0 Å². The molecule has 4 rings (SSSR count). The quantitative estimate of drug-likeness (QED) is 0.692. The zero-order chi connectivity index (χ0) is 21.1. The van der Waals surface area contributed by atoms with Crippen molar-refractivity contribution < 1.29 is 23.5 Å². The third-order valence-corrected chi connectivity index (χ3v) is 6.14. The van der Waals surface area contributed by atoms with E-state index in [9.17, 15) is 9.59 Å². The topological polar surface area (TPSA) is 75.5 Å². The minimum absolute atomic E-state index is 0.0317. The summed E-state index contributed by atoms with van der Waals surface area (Å²) < 4.78 is 16.4. The van der Waals surface area contributed by atoms with Gasteiger partial charge in [-0.25, -0.2) is 4.79 Å². The lowest BCUT2D eigenvalue weighted by molar-refractivity contribution is 0.00316. The zero-order valence-electron chi connectivity index (χ0n) is 17.6. The molecule has 0 radical (unpaired) electrons. The summed E-state index contributed by atoms with van der Waals surface area (Å²) in [5.74, 6) is -0.0317. The van der Waals surface area contributed by atoms with Crippen molar-refractivity contribution in [3.63, 3.8) is 0 Å². The van der Waals surface area contributed by atoms with Gasteiger partial charge in [0.25, 0.3) is 5.91 Å². The molecule has 1 aromatic heterocycles. The number of amides is 2. The molecule has 0 unspecified atom stereocenters. The standard InChI is InChI=1S/C22H29N3O5/c1-23(13-14-28-2)11-12-25-16-22(30-21(25)27)7-9-24(10-8-22)20(26)18-15-29-19-6-4-3-5-17(18)19/h3-6,15H,7-14,16H2,1-2H3. The van der Waals surface area contributed by atoms with E-state index in [1.165, 1.54) is 6.26 Å². The molecule has 0 saturated carbocycles. The SMILES string of the molecule is COCCN(C)CCN1CC2(CCN(C(=O)c3coc4ccccc34)CC2)OC1=O. The van der Waals surface area contributed by atoms with Crippen LogP contribution in [0.15, 0.2) is 34.9 Å². The van der Waals surface area contributed by atoms with E-state index in [-0.39, 0.29) is 12.0 Å². The maximum Gasteiger partial charge on any atom is 0.410 e. The molecule has 1 spiro atoms. The van der Waals surface area contributed by atoms with Gasteiger partial charge >= 0.3 is 6.09 Å². The van der Waals surface area contributed by atoms with Gasteiger partial charge in [0.05, 0.1) is 18.7 Å². The first-order valence-corrected chi connectivity index (χ1v) is 10.4. The molecule has 2 saturated heterocycles. The Bertz CT molecular complexity index is 903. The van der Waals surface area contributed by atoms with Gasteiger partial charge in [-0.05, 0) is 13.1 Å².